The van der Waals surface area contributed by atoms with Crippen molar-refractivity contribution in [3.8, 4) is 0 Å². The Labute approximate surface area is 85.5 Å². The van der Waals surface area contributed by atoms with Crippen LogP contribution in [0.4, 0.5) is 0 Å². The van der Waals surface area contributed by atoms with Gasteiger partial charge in [-0.3, -0.25) is 0 Å². The number of hydrogen-bond acceptors (Lipinski definition) is 1. The summed E-state index contributed by atoms with van der Waals surface area (Å²) >= 11 is 3.45. The minimum atomic E-state index is 0.680. The predicted octanol–water partition coefficient (Wildman–Crippen LogP) is 2.36. The maximum Gasteiger partial charge on any atom is 0.0481 e. The van der Waals surface area contributed by atoms with Gasteiger partial charge in [0.05, 0.1) is 0 Å². The summed E-state index contributed by atoms with van der Waals surface area (Å²) in [7, 11) is 0. The average molecular weight is 239 g/mol. The van der Waals surface area contributed by atoms with Crippen molar-refractivity contribution < 1.29 is 0 Å². The van der Waals surface area contributed by atoms with Crippen LogP contribution in [0.5, 0.6) is 0 Å². The first-order chi connectivity index (χ1) is 6.31. The molecule has 0 fully saturated rings. The van der Waals surface area contributed by atoms with Crippen LogP contribution in [-0.4, -0.2) is 11.1 Å². The molecule has 3 heteroatoms. The topological polar surface area (TPSA) is 30.9 Å². The molecule has 1 heterocycles. The zero-order valence-corrected chi connectivity index (χ0v) is 8.79. The van der Waals surface area contributed by atoms with Gasteiger partial charge in [0, 0.05) is 34.7 Å². The molecule has 0 saturated carbocycles. The lowest BCUT2D eigenvalue weighted by molar-refractivity contribution is 0.735. The highest BCUT2D eigenvalue weighted by Gasteiger charge is 1.99. The Morgan fingerprint density at radius 1 is 1.31 bits per heavy atom. The van der Waals surface area contributed by atoms with E-state index in [9.17, 15) is 0 Å². The van der Waals surface area contributed by atoms with Gasteiger partial charge in [0.15, 0.2) is 0 Å². The van der Waals surface area contributed by atoms with Crippen molar-refractivity contribution in [2.75, 3.05) is 6.54 Å². The molecule has 0 spiro atoms. The molecular weight excluding hydrogens is 228 g/mol. The van der Waals surface area contributed by atoms with Crippen molar-refractivity contribution in [3.63, 3.8) is 0 Å². The van der Waals surface area contributed by atoms with E-state index in [1.54, 1.807) is 0 Å². The summed E-state index contributed by atoms with van der Waals surface area (Å²) in [5.41, 5.74) is 6.75. The van der Waals surface area contributed by atoms with Crippen LogP contribution in [0, 0.1) is 0 Å². The highest BCUT2D eigenvalue weighted by Crippen LogP contribution is 2.20. The van der Waals surface area contributed by atoms with Gasteiger partial charge in [-0.05, 0) is 24.3 Å². The molecule has 13 heavy (non-hydrogen) atoms. The zero-order valence-electron chi connectivity index (χ0n) is 7.20. The number of halogens is 1. The largest absolute Gasteiger partial charge is 0.346 e. The van der Waals surface area contributed by atoms with Gasteiger partial charge in [-0.2, -0.15) is 0 Å². The first kappa shape index (κ1) is 8.78. The van der Waals surface area contributed by atoms with Crippen molar-refractivity contribution in [3.05, 3.63) is 34.9 Å². The van der Waals surface area contributed by atoms with Crippen LogP contribution in [0.1, 0.15) is 0 Å². The standard InChI is InChI=1S/C10H11BrN2/c11-9-1-2-10-8(7-9)3-5-13(10)6-4-12/h1-3,5,7H,4,6,12H2. The van der Waals surface area contributed by atoms with Gasteiger partial charge in [0.2, 0.25) is 0 Å². The number of nitrogens with two attached hydrogens (primary N) is 1. The van der Waals surface area contributed by atoms with E-state index in [2.05, 4.69) is 51.0 Å². The molecule has 0 amide bonds. The first-order valence-corrected chi connectivity index (χ1v) is 5.05. The highest BCUT2D eigenvalue weighted by atomic mass is 79.9. The smallest absolute Gasteiger partial charge is 0.0481 e. The molecular formula is C10H11BrN2. The quantitative estimate of drug-likeness (QED) is 0.856. The second-order valence-electron chi connectivity index (χ2n) is 3.00. The van der Waals surface area contributed by atoms with Crippen molar-refractivity contribution >= 4 is 26.8 Å². The van der Waals surface area contributed by atoms with Crippen molar-refractivity contribution in [2.45, 2.75) is 6.54 Å². The molecule has 0 aliphatic heterocycles. The molecule has 0 radical (unpaired) electrons. The summed E-state index contributed by atoms with van der Waals surface area (Å²) in [5, 5.41) is 1.25. The van der Waals surface area contributed by atoms with Crippen molar-refractivity contribution in [1.82, 2.24) is 4.57 Å². The summed E-state index contributed by atoms with van der Waals surface area (Å²) in [4.78, 5) is 0. The minimum Gasteiger partial charge on any atom is -0.346 e. The number of rotatable bonds is 2. The molecule has 0 aliphatic rings. The van der Waals surface area contributed by atoms with Gasteiger partial charge >= 0.3 is 0 Å². The molecule has 0 aliphatic carbocycles. The van der Waals surface area contributed by atoms with Gasteiger partial charge in [-0.15, -0.1) is 0 Å². The lowest BCUT2D eigenvalue weighted by Crippen LogP contribution is -2.08. The molecule has 2 nitrogen and oxygen atoms in total. The SMILES string of the molecule is NCCn1ccc2cc(Br)ccc21. The van der Waals surface area contributed by atoms with Gasteiger partial charge in [0.25, 0.3) is 0 Å². The fourth-order valence-electron chi connectivity index (χ4n) is 1.51. The van der Waals surface area contributed by atoms with Gasteiger partial charge < -0.3 is 10.3 Å². The second kappa shape index (κ2) is 3.52. The number of nitrogens with zero attached hydrogens (tertiary/aromatic N) is 1. The van der Waals surface area contributed by atoms with Crippen LogP contribution in [-0.2, 0) is 6.54 Å². The number of hydrogen-bond donors (Lipinski definition) is 1. The Morgan fingerprint density at radius 3 is 2.92 bits per heavy atom. The minimum absolute atomic E-state index is 0.680. The first-order valence-electron chi connectivity index (χ1n) is 4.26. The van der Waals surface area contributed by atoms with E-state index in [4.69, 9.17) is 5.73 Å². The zero-order chi connectivity index (χ0) is 9.26. The Kier molecular flexibility index (Phi) is 2.38. The normalized spacial score (nSPS) is 10.9. The third kappa shape index (κ3) is 1.62. The van der Waals surface area contributed by atoms with Gasteiger partial charge in [-0.25, -0.2) is 0 Å². The van der Waals surface area contributed by atoms with E-state index >= 15 is 0 Å². The molecule has 1 aromatic heterocycles. The van der Waals surface area contributed by atoms with Crippen LogP contribution in [0.15, 0.2) is 34.9 Å². The van der Waals surface area contributed by atoms with E-state index in [1.807, 2.05) is 0 Å². The predicted molar refractivity (Wildman–Crippen MR) is 58.7 cm³/mol. The molecule has 2 N–H and O–H groups in total. The maximum atomic E-state index is 5.51. The van der Waals surface area contributed by atoms with Gasteiger partial charge in [0.1, 0.15) is 0 Å². The van der Waals surface area contributed by atoms with Crippen LogP contribution < -0.4 is 5.73 Å². The Morgan fingerprint density at radius 2 is 2.15 bits per heavy atom. The molecule has 1 aromatic carbocycles. The number of benzene rings is 1. The van der Waals surface area contributed by atoms with Gasteiger partial charge in [-0.1, -0.05) is 15.9 Å². The van der Waals surface area contributed by atoms with Crippen LogP contribution >= 0.6 is 15.9 Å². The molecule has 2 rings (SSSR count). The van der Waals surface area contributed by atoms with E-state index in [0.717, 1.165) is 11.0 Å². The van der Waals surface area contributed by atoms with E-state index in [1.165, 1.54) is 10.9 Å². The number of aromatic nitrogens is 1. The third-order valence-corrected chi connectivity index (χ3v) is 2.60. The molecule has 0 bridgehead atoms. The lowest BCUT2D eigenvalue weighted by Gasteiger charge is -2.02. The molecule has 0 atom stereocenters. The van der Waals surface area contributed by atoms with E-state index in [0.29, 0.717) is 6.54 Å². The Bertz CT molecular complexity index is 420. The average Bonchev–Trinajstić information content (AvgIpc) is 2.49. The van der Waals surface area contributed by atoms with E-state index < -0.39 is 0 Å². The van der Waals surface area contributed by atoms with Crippen molar-refractivity contribution in [2.24, 2.45) is 5.73 Å². The van der Waals surface area contributed by atoms with E-state index in [-0.39, 0.29) is 0 Å². The van der Waals surface area contributed by atoms with Crippen molar-refractivity contribution in [1.29, 1.82) is 0 Å². The Hall–Kier alpha value is -0.800. The summed E-state index contributed by atoms with van der Waals surface area (Å²) in [5.74, 6) is 0. The summed E-state index contributed by atoms with van der Waals surface area (Å²) in [6.45, 7) is 1.56. The summed E-state index contributed by atoms with van der Waals surface area (Å²) in [6, 6.07) is 8.38. The Balaban J connectivity index is 2.55. The van der Waals surface area contributed by atoms with Crippen LogP contribution in [0.25, 0.3) is 10.9 Å². The molecule has 68 valence electrons. The van der Waals surface area contributed by atoms with Crippen LogP contribution in [0.2, 0.25) is 0 Å². The lowest BCUT2D eigenvalue weighted by atomic mass is 10.2. The second-order valence-corrected chi connectivity index (χ2v) is 3.92. The molecule has 0 saturated heterocycles. The maximum absolute atomic E-state index is 5.51. The molecule has 0 unspecified atom stereocenters. The molecule has 2 aromatic rings. The number of fused-ring (bicyclic) bond motifs is 1. The summed E-state index contributed by atoms with van der Waals surface area (Å²) < 4.78 is 3.28. The fourth-order valence-corrected chi connectivity index (χ4v) is 1.88. The highest BCUT2D eigenvalue weighted by molar-refractivity contribution is 9.10. The summed E-state index contributed by atoms with van der Waals surface area (Å²) in [6.07, 6.45) is 2.07. The monoisotopic (exact) mass is 238 g/mol. The van der Waals surface area contributed by atoms with Crippen LogP contribution in [0.3, 0.4) is 0 Å². The fraction of sp³-hybridized carbons (Fsp3) is 0.200. The third-order valence-electron chi connectivity index (χ3n) is 2.10.